The maximum Gasteiger partial charge on any atom is 0.185 e. The summed E-state index contributed by atoms with van der Waals surface area (Å²) in [6, 6.07) is 0. The van der Waals surface area contributed by atoms with E-state index < -0.39 is 0 Å². The van der Waals surface area contributed by atoms with E-state index in [0.717, 1.165) is 5.52 Å². The molecule has 0 fully saturated rings. The minimum Gasteiger partial charge on any atom is -0.273 e. The summed E-state index contributed by atoms with van der Waals surface area (Å²) in [6.07, 6.45) is 1.62. The second-order valence-electron chi connectivity index (χ2n) is 1.98. The van der Waals surface area contributed by atoms with E-state index in [9.17, 15) is 0 Å². The summed E-state index contributed by atoms with van der Waals surface area (Å²) in [5.41, 5.74) is 1.47. The molecule has 0 saturated heterocycles. The summed E-state index contributed by atoms with van der Waals surface area (Å²) in [6.45, 7) is 0. The fourth-order valence-electron chi connectivity index (χ4n) is 0.791. The Morgan fingerprint density at radius 2 is 2.18 bits per heavy atom. The molecule has 0 bridgehead atoms. The molecule has 2 aromatic rings. The van der Waals surface area contributed by atoms with Crippen molar-refractivity contribution in [2.24, 2.45) is 0 Å². The average molecular weight is 184 g/mol. The first kappa shape index (κ1) is 6.93. The number of nitrogens with one attached hydrogen (secondary N) is 1. The number of aromatic nitrogens is 4. The zero-order valence-corrected chi connectivity index (χ0v) is 7.10. The average Bonchev–Trinajstić information content (AvgIpc) is 2.33. The molecule has 0 amide bonds. The van der Waals surface area contributed by atoms with E-state index in [1.165, 1.54) is 0 Å². The molecule has 2 rings (SSSR count). The number of nitrogens with zero attached hydrogens (tertiary/aromatic N) is 3. The highest BCUT2D eigenvalue weighted by Gasteiger charge is 2.02. The van der Waals surface area contributed by atoms with Crippen molar-refractivity contribution >= 4 is 36.3 Å². The van der Waals surface area contributed by atoms with Crippen molar-refractivity contribution in [2.45, 2.75) is 10.2 Å². The van der Waals surface area contributed by atoms with Crippen molar-refractivity contribution in [3.05, 3.63) is 6.20 Å². The van der Waals surface area contributed by atoms with Crippen molar-refractivity contribution in [3.63, 3.8) is 0 Å². The van der Waals surface area contributed by atoms with Gasteiger partial charge in [-0.1, -0.05) is 0 Å². The Labute approximate surface area is 73.3 Å². The highest BCUT2D eigenvalue weighted by Crippen LogP contribution is 2.15. The second kappa shape index (κ2) is 2.38. The van der Waals surface area contributed by atoms with Crippen LogP contribution in [0, 0.1) is 0 Å². The maximum atomic E-state index is 4.08. The van der Waals surface area contributed by atoms with Gasteiger partial charge in [0.05, 0.1) is 6.20 Å². The van der Waals surface area contributed by atoms with Crippen LogP contribution in [0.4, 0.5) is 0 Å². The molecule has 0 spiro atoms. The Morgan fingerprint density at radius 1 is 1.36 bits per heavy atom. The molecule has 0 atom stereocenters. The molecule has 1 N–H and O–H groups in total. The van der Waals surface area contributed by atoms with Crippen LogP contribution < -0.4 is 0 Å². The van der Waals surface area contributed by atoms with Crippen LogP contribution in [0.5, 0.6) is 0 Å². The van der Waals surface area contributed by atoms with E-state index in [0.29, 0.717) is 15.7 Å². The lowest BCUT2D eigenvalue weighted by molar-refractivity contribution is 1.00. The number of thiol groups is 2. The third-order valence-corrected chi connectivity index (χ3v) is 1.80. The van der Waals surface area contributed by atoms with Gasteiger partial charge in [0.1, 0.15) is 16.1 Å². The molecular formula is C5H4N4S2. The number of hydrogen-bond acceptors (Lipinski definition) is 5. The highest BCUT2D eigenvalue weighted by molar-refractivity contribution is 7.80. The minimum atomic E-state index is 0.425. The number of hydrogen-bond donors (Lipinski definition) is 3. The van der Waals surface area contributed by atoms with Crippen molar-refractivity contribution in [1.29, 1.82) is 0 Å². The van der Waals surface area contributed by atoms with Crippen molar-refractivity contribution in [1.82, 2.24) is 20.2 Å². The minimum absolute atomic E-state index is 0.425. The fourth-order valence-corrected chi connectivity index (χ4v) is 1.17. The van der Waals surface area contributed by atoms with E-state index in [1.807, 2.05) is 0 Å². The van der Waals surface area contributed by atoms with Gasteiger partial charge in [-0.25, -0.2) is 9.97 Å². The summed E-state index contributed by atoms with van der Waals surface area (Å²) in [5.74, 6) is 0. The van der Waals surface area contributed by atoms with Crippen molar-refractivity contribution in [2.75, 3.05) is 0 Å². The lowest BCUT2D eigenvalue weighted by Crippen LogP contribution is -1.81. The lowest BCUT2D eigenvalue weighted by Gasteiger charge is -1.88. The molecule has 4 nitrogen and oxygen atoms in total. The molecule has 56 valence electrons. The molecule has 6 heteroatoms. The molecular weight excluding hydrogens is 180 g/mol. The quantitative estimate of drug-likeness (QED) is 0.422. The number of H-pyrrole nitrogens is 1. The van der Waals surface area contributed by atoms with Gasteiger partial charge in [0.2, 0.25) is 0 Å². The van der Waals surface area contributed by atoms with Crippen LogP contribution in [0.25, 0.3) is 11.0 Å². The van der Waals surface area contributed by atoms with Crippen LogP contribution >= 0.6 is 25.3 Å². The second-order valence-corrected chi connectivity index (χ2v) is 2.80. The maximum absolute atomic E-state index is 4.08. The van der Waals surface area contributed by atoms with Crippen LogP contribution in [-0.4, -0.2) is 20.2 Å². The predicted molar refractivity (Wildman–Crippen MR) is 46.2 cm³/mol. The molecule has 0 saturated carbocycles. The first-order valence-electron chi connectivity index (χ1n) is 2.86. The molecule has 0 radical (unpaired) electrons. The molecule has 0 aromatic carbocycles. The standard InChI is InChI=1S/C5H4N4S2/c10-4-3-2(8-9-4)1-6-5(11)7-3/h1H,(H,6,7,11)(H2,8,9,10). The van der Waals surface area contributed by atoms with Crippen LogP contribution in [0.2, 0.25) is 0 Å². The number of aromatic amines is 1. The Hall–Kier alpha value is -0.750. The van der Waals surface area contributed by atoms with Gasteiger partial charge in [-0.05, 0) is 0 Å². The van der Waals surface area contributed by atoms with Gasteiger partial charge in [-0.15, -0.1) is 25.3 Å². The zero-order chi connectivity index (χ0) is 7.84. The van der Waals surface area contributed by atoms with E-state index in [-0.39, 0.29) is 0 Å². The van der Waals surface area contributed by atoms with Crippen LogP contribution in [-0.2, 0) is 0 Å². The van der Waals surface area contributed by atoms with E-state index >= 15 is 0 Å². The predicted octanol–water partition coefficient (Wildman–Crippen LogP) is 0.930. The normalized spacial score (nSPS) is 10.7. The summed E-state index contributed by atoms with van der Waals surface area (Å²) < 4.78 is 0. The molecule has 2 heterocycles. The van der Waals surface area contributed by atoms with Crippen molar-refractivity contribution < 1.29 is 0 Å². The molecule has 0 aliphatic carbocycles. The lowest BCUT2D eigenvalue weighted by atomic mass is 10.5. The first-order chi connectivity index (χ1) is 5.27. The third-order valence-electron chi connectivity index (χ3n) is 1.27. The van der Waals surface area contributed by atoms with Crippen LogP contribution in [0.15, 0.2) is 16.4 Å². The Bertz CT molecular complexity index is 396. The summed E-state index contributed by atoms with van der Waals surface area (Å²) in [5, 5.41) is 7.56. The molecule has 0 aliphatic rings. The van der Waals surface area contributed by atoms with E-state index in [2.05, 4.69) is 45.4 Å². The smallest absolute Gasteiger partial charge is 0.185 e. The Morgan fingerprint density at radius 3 is 3.00 bits per heavy atom. The molecule has 0 unspecified atom stereocenters. The van der Waals surface area contributed by atoms with Gasteiger partial charge < -0.3 is 0 Å². The number of rotatable bonds is 0. The first-order valence-corrected chi connectivity index (χ1v) is 3.76. The Balaban J connectivity index is 2.87. The molecule has 2 aromatic heterocycles. The van der Waals surface area contributed by atoms with E-state index in [4.69, 9.17) is 0 Å². The largest absolute Gasteiger partial charge is 0.273 e. The Kier molecular flexibility index (Phi) is 1.50. The molecule has 11 heavy (non-hydrogen) atoms. The topological polar surface area (TPSA) is 54.5 Å². The van der Waals surface area contributed by atoms with Crippen molar-refractivity contribution in [3.8, 4) is 0 Å². The fraction of sp³-hybridized carbons (Fsp3) is 0. The number of fused-ring (bicyclic) bond motifs is 1. The van der Waals surface area contributed by atoms with E-state index in [1.54, 1.807) is 6.20 Å². The summed E-state index contributed by atoms with van der Waals surface area (Å²) >= 11 is 8.07. The van der Waals surface area contributed by atoms with Gasteiger partial charge in [-0.2, -0.15) is 5.10 Å². The van der Waals surface area contributed by atoms with Gasteiger partial charge in [0, 0.05) is 0 Å². The van der Waals surface area contributed by atoms with Crippen LogP contribution in [0.3, 0.4) is 0 Å². The van der Waals surface area contributed by atoms with Gasteiger partial charge in [0.25, 0.3) is 0 Å². The van der Waals surface area contributed by atoms with Gasteiger partial charge in [-0.3, -0.25) is 5.10 Å². The molecule has 0 aliphatic heterocycles. The summed E-state index contributed by atoms with van der Waals surface area (Å²) in [7, 11) is 0. The SMILES string of the molecule is Sc1ncc2[nH]nc(S)c2n1. The van der Waals surface area contributed by atoms with Gasteiger partial charge >= 0.3 is 0 Å². The third kappa shape index (κ3) is 1.08. The highest BCUT2D eigenvalue weighted by atomic mass is 32.1. The summed E-state index contributed by atoms with van der Waals surface area (Å²) in [4.78, 5) is 7.89. The monoisotopic (exact) mass is 184 g/mol. The van der Waals surface area contributed by atoms with Gasteiger partial charge in [0.15, 0.2) is 5.16 Å². The zero-order valence-electron chi connectivity index (χ0n) is 5.31. The van der Waals surface area contributed by atoms with Crippen LogP contribution in [0.1, 0.15) is 0 Å².